The number of piperidine rings is 1. The van der Waals surface area contributed by atoms with Crippen molar-refractivity contribution in [3.05, 3.63) is 23.7 Å². The van der Waals surface area contributed by atoms with E-state index in [4.69, 9.17) is 13.9 Å². The minimum atomic E-state index is -0.459. The second-order valence-corrected chi connectivity index (χ2v) is 6.06. The number of hydrogen-bond donors (Lipinski definition) is 1. The van der Waals surface area contributed by atoms with Crippen molar-refractivity contribution in [1.82, 2.24) is 4.90 Å². The Bertz CT molecular complexity index is 518. The number of hydrogen-bond acceptors (Lipinski definition) is 5. The third kappa shape index (κ3) is 2.91. The fourth-order valence-electron chi connectivity index (χ4n) is 3.35. The van der Waals surface area contributed by atoms with Crippen LogP contribution in [0.3, 0.4) is 0 Å². The molecule has 0 bridgehead atoms. The second kappa shape index (κ2) is 6.40. The number of likely N-dealkylation sites (tertiary alicyclic amines) is 1. The first-order valence-corrected chi connectivity index (χ1v) is 7.83. The Labute approximate surface area is 130 Å². The van der Waals surface area contributed by atoms with Crippen LogP contribution in [0, 0.1) is 0 Å². The van der Waals surface area contributed by atoms with Crippen LogP contribution in [0.5, 0.6) is 0 Å². The number of amides is 1. The molecule has 3 rings (SSSR count). The molecule has 6 heteroatoms. The third-order valence-corrected chi connectivity index (χ3v) is 4.67. The van der Waals surface area contributed by atoms with Crippen LogP contribution in [0.2, 0.25) is 0 Å². The first kappa shape index (κ1) is 15.5. The van der Waals surface area contributed by atoms with Gasteiger partial charge in [-0.15, -0.1) is 0 Å². The second-order valence-electron chi connectivity index (χ2n) is 6.06. The van der Waals surface area contributed by atoms with Gasteiger partial charge in [0.25, 0.3) is 5.91 Å². The number of carbonyl (C=O) groups excluding carboxylic acids is 1. The molecular formula is C16H23NO5. The van der Waals surface area contributed by atoms with Crippen LogP contribution in [-0.2, 0) is 16.1 Å². The van der Waals surface area contributed by atoms with E-state index in [1.54, 1.807) is 24.1 Å². The Balaban J connectivity index is 1.61. The number of aliphatic hydroxyl groups excluding tert-OH is 1. The van der Waals surface area contributed by atoms with Crippen LogP contribution in [0.15, 0.2) is 16.5 Å². The van der Waals surface area contributed by atoms with Crippen LogP contribution >= 0.6 is 0 Å². The molecule has 2 aliphatic heterocycles. The summed E-state index contributed by atoms with van der Waals surface area (Å²) in [4.78, 5) is 14.2. The van der Waals surface area contributed by atoms with E-state index in [9.17, 15) is 9.90 Å². The van der Waals surface area contributed by atoms with Gasteiger partial charge in [-0.05, 0) is 37.8 Å². The lowest BCUT2D eigenvalue weighted by Gasteiger charge is -2.46. The average molecular weight is 309 g/mol. The van der Waals surface area contributed by atoms with Crippen LogP contribution in [0.1, 0.15) is 42.0 Å². The molecule has 0 unspecified atom stereocenters. The predicted octanol–water partition coefficient (Wildman–Crippen LogP) is 1.57. The highest BCUT2D eigenvalue weighted by atomic mass is 16.5. The number of aliphatic hydroxyl groups is 1. The normalized spacial score (nSPS) is 24.6. The van der Waals surface area contributed by atoms with Gasteiger partial charge in [-0.2, -0.15) is 0 Å². The van der Waals surface area contributed by atoms with Crippen molar-refractivity contribution in [2.45, 2.75) is 44.0 Å². The van der Waals surface area contributed by atoms with Crippen molar-refractivity contribution in [2.24, 2.45) is 0 Å². The molecule has 0 radical (unpaired) electrons. The molecule has 122 valence electrons. The SMILES string of the molecule is COCc1ccc(C(=O)N2CCC3(CC2)OCCC[C@H]3O)o1. The highest BCUT2D eigenvalue weighted by Crippen LogP contribution is 2.35. The van der Waals surface area contributed by atoms with E-state index in [0.717, 1.165) is 12.8 Å². The molecule has 2 fully saturated rings. The van der Waals surface area contributed by atoms with E-state index >= 15 is 0 Å². The van der Waals surface area contributed by atoms with Gasteiger partial charge in [0, 0.05) is 26.8 Å². The van der Waals surface area contributed by atoms with Crippen molar-refractivity contribution in [2.75, 3.05) is 26.8 Å². The number of carbonyl (C=O) groups is 1. The molecule has 1 aromatic rings. The molecule has 0 aromatic carbocycles. The number of nitrogens with zero attached hydrogens (tertiary/aromatic N) is 1. The molecule has 1 spiro atoms. The molecule has 2 saturated heterocycles. The number of ether oxygens (including phenoxy) is 2. The summed E-state index contributed by atoms with van der Waals surface area (Å²) in [5.41, 5.74) is -0.459. The van der Waals surface area contributed by atoms with Crippen LogP contribution in [0.4, 0.5) is 0 Å². The zero-order valence-electron chi connectivity index (χ0n) is 12.9. The van der Waals surface area contributed by atoms with Crippen molar-refractivity contribution in [1.29, 1.82) is 0 Å². The summed E-state index contributed by atoms with van der Waals surface area (Å²) in [5.74, 6) is 0.876. The first-order chi connectivity index (χ1) is 10.6. The maximum atomic E-state index is 12.5. The average Bonchev–Trinajstić information content (AvgIpc) is 3.00. The maximum absolute atomic E-state index is 12.5. The smallest absolute Gasteiger partial charge is 0.289 e. The fourth-order valence-corrected chi connectivity index (χ4v) is 3.35. The standard InChI is InChI=1S/C16H23NO5/c1-20-11-12-4-5-13(22-12)15(19)17-8-6-16(7-9-17)14(18)3-2-10-21-16/h4-5,14,18H,2-3,6-11H2,1H3/t14-/m1/s1. The van der Waals surface area contributed by atoms with E-state index in [0.29, 0.717) is 50.7 Å². The number of methoxy groups -OCH3 is 1. The molecule has 0 aliphatic carbocycles. The van der Waals surface area contributed by atoms with E-state index in [1.165, 1.54) is 0 Å². The Morgan fingerprint density at radius 2 is 2.23 bits per heavy atom. The number of furan rings is 1. The molecule has 1 N–H and O–H groups in total. The summed E-state index contributed by atoms with van der Waals surface area (Å²) in [6.07, 6.45) is 2.61. The highest BCUT2D eigenvalue weighted by molar-refractivity contribution is 5.91. The van der Waals surface area contributed by atoms with Gasteiger partial charge in [-0.25, -0.2) is 0 Å². The van der Waals surface area contributed by atoms with E-state index < -0.39 is 11.7 Å². The summed E-state index contributed by atoms with van der Waals surface area (Å²) < 4.78 is 16.4. The molecule has 1 atom stereocenters. The van der Waals surface area contributed by atoms with Crippen molar-refractivity contribution in [3.8, 4) is 0 Å². The molecule has 1 amide bonds. The Morgan fingerprint density at radius 3 is 2.91 bits per heavy atom. The topological polar surface area (TPSA) is 72.1 Å². The lowest BCUT2D eigenvalue weighted by Crippen LogP contribution is -2.56. The monoisotopic (exact) mass is 309 g/mol. The van der Waals surface area contributed by atoms with E-state index in [1.807, 2.05) is 0 Å². The molecular weight excluding hydrogens is 286 g/mol. The van der Waals surface area contributed by atoms with Crippen molar-refractivity contribution in [3.63, 3.8) is 0 Å². The van der Waals surface area contributed by atoms with Gasteiger partial charge in [-0.1, -0.05) is 0 Å². The van der Waals surface area contributed by atoms with Gasteiger partial charge >= 0.3 is 0 Å². The summed E-state index contributed by atoms with van der Waals surface area (Å²) in [6.45, 7) is 2.21. The largest absolute Gasteiger partial charge is 0.453 e. The minimum Gasteiger partial charge on any atom is -0.453 e. The molecule has 1 aromatic heterocycles. The zero-order valence-corrected chi connectivity index (χ0v) is 12.9. The van der Waals surface area contributed by atoms with Crippen molar-refractivity contribution < 1.29 is 23.8 Å². The van der Waals surface area contributed by atoms with Gasteiger partial charge in [-0.3, -0.25) is 4.79 Å². The zero-order chi connectivity index (χ0) is 15.6. The van der Waals surface area contributed by atoms with Crippen LogP contribution in [-0.4, -0.2) is 54.4 Å². The van der Waals surface area contributed by atoms with Gasteiger partial charge in [0.1, 0.15) is 12.4 Å². The fraction of sp³-hybridized carbons (Fsp3) is 0.688. The Morgan fingerprint density at radius 1 is 1.45 bits per heavy atom. The first-order valence-electron chi connectivity index (χ1n) is 7.83. The highest BCUT2D eigenvalue weighted by Gasteiger charge is 2.44. The summed E-state index contributed by atoms with van der Waals surface area (Å²) in [5, 5.41) is 10.2. The van der Waals surface area contributed by atoms with Crippen LogP contribution < -0.4 is 0 Å². The van der Waals surface area contributed by atoms with Gasteiger partial charge < -0.3 is 23.9 Å². The van der Waals surface area contributed by atoms with Gasteiger partial charge in [0.05, 0.1) is 11.7 Å². The predicted molar refractivity (Wildman–Crippen MR) is 78.5 cm³/mol. The molecule has 0 saturated carbocycles. The van der Waals surface area contributed by atoms with E-state index in [2.05, 4.69) is 0 Å². The summed E-state index contributed by atoms with van der Waals surface area (Å²) in [6, 6.07) is 3.45. The lowest BCUT2D eigenvalue weighted by molar-refractivity contribution is -0.174. The lowest BCUT2D eigenvalue weighted by atomic mass is 9.82. The van der Waals surface area contributed by atoms with Gasteiger partial charge in [0.15, 0.2) is 5.76 Å². The summed E-state index contributed by atoms with van der Waals surface area (Å²) in [7, 11) is 1.59. The minimum absolute atomic E-state index is 0.109. The number of rotatable bonds is 3. The quantitative estimate of drug-likeness (QED) is 0.917. The van der Waals surface area contributed by atoms with E-state index in [-0.39, 0.29) is 5.91 Å². The van der Waals surface area contributed by atoms with Crippen molar-refractivity contribution >= 4 is 5.91 Å². The maximum Gasteiger partial charge on any atom is 0.289 e. The molecule has 6 nitrogen and oxygen atoms in total. The summed E-state index contributed by atoms with van der Waals surface area (Å²) >= 11 is 0. The van der Waals surface area contributed by atoms with Crippen LogP contribution in [0.25, 0.3) is 0 Å². The van der Waals surface area contributed by atoms with Gasteiger partial charge in [0.2, 0.25) is 0 Å². The third-order valence-electron chi connectivity index (χ3n) is 4.67. The molecule has 2 aliphatic rings. The molecule has 22 heavy (non-hydrogen) atoms. The molecule has 3 heterocycles. The Kier molecular flexibility index (Phi) is 4.52. The Hall–Kier alpha value is -1.37.